The average molecular weight is 271 g/mol. The Labute approximate surface area is 119 Å². The minimum absolute atomic E-state index is 0.764. The molecule has 2 aliphatic heterocycles. The number of rotatable bonds is 3. The smallest absolute Gasteiger partial charge is 0.137 e. The molecule has 2 fully saturated rings. The van der Waals surface area contributed by atoms with Crippen LogP contribution in [-0.4, -0.2) is 65.1 Å². The summed E-state index contributed by atoms with van der Waals surface area (Å²) in [7, 11) is 0. The summed E-state index contributed by atoms with van der Waals surface area (Å²) in [6, 6.07) is 4.93. The molecule has 2 N–H and O–H groups in total. The van der Waals surface area contributed by atoms with Crippen LogP contribution in [0.5, 0.6) is 0 Å². The molecule has 0 unspecified atom stereocenters. The molecule has 0 saturated carbocycles. The lowest BCUT2D eigenvalue weighted by atomic mass is 10.0. The predicted octanol–water partition coefficient (Wildman–Crippen LogP) is 0.652. The van der Waals surface area contributed by atoms with Crippen molar-refractivity contribution in [3.8, 4) is 0 Å². The summed E-state index contributed by atoms with van der Waals surface area (Å²) < 4.78 is 0. The van der Waals surface area contributed by atoms with Crippen molar-refractivity contribution in [1.29, 1.82) is 0 Å². The van der Waals surface area contributed by atoms with Gasteiger partial charge in [-0.3, -0.25) is 9.80 Å². The molecular weight excluding hydrogens is 250 g/mol. The molecule has 0 bridgehead atoms. The van der Waals surface area contributed by atoms with Gasteiger partial charge in [0.1, 0.15) is 5.65 Å². The van der Waals surface area contributed by atoms with Crippen molar-refractivity contribution < 1.29 is 0 Å². The normalized spacial score (nSPS) is 22.2. The zero-order valence-corrected chi connectivity index (χ0v) is 11.7. The first-order valence-electron chi connectivity index (χ1n) is 7.48. The van der Waals surface area contributed by atoms with Gasteiger partial charge in [-0.1, -0.05) is 0 Å². The highest BCUT2D eigenvalue weighted by atomic mass is 15.3. The van der Waals surface area contributed by atoms with Crippen LogP contribution in [0, 0.1) is 0 Å². The Morgan fingerprint density at radius 2 is 2.10 bits per heavy atom. The molecule has 0 spiro atoms. The summed E-state index contributed by atoms with van der Waals surface area (Å²) in [6.45, 7) is 8.13. The van der Waals surface area contributed by atoms with E-state index in [0.29, 0.717) is 0 Å². The number of nitrogens with one attached hydrogen (secondary N) is 2. The summed E-state index contributed by atoms with van der Waals surface area (Å²) >= 11 is 0. The number of hydrogen-bond donors (Lipinski definition) is 2. The molecule has 0 atom stereocenters. The van der Waals surface area contributed by atoms with Crippen LogP contribution >= 0.6 is 0 Å². The Kier molecular flexibility index (Phi) is 3.18. The number of nitrogens with zero attached hydrogens (tertiary/aromatic N) is 3. The molecule has 20 heavy (non-hydrogen) atoms. The molecule has 2 aromatic rings. The molecule has 106 valence electrons. The number of likely N-dealkylation sites (tertiary alicyclic amines) is 1. The maximum atomic E-state index is 4.35. The SMILES string of the molecule is c1cnc2[nH]cc(CN3CC(N4CCNCC4)C3)c2c1. The van der Waals surface area contributed by atoms with Crippen LogP contribution in [0.15, 0.2) is 24.5 Å². The fourth-order valence-electron chi connectivity index (χ4n) is 3.33. The Morgan fingerprint density at radius 3 is 2.95 bits per heavy atom. The molecule has 2 aromatic heterocycles. The molecule has 4 rings (SSSR count). The number of fused-ring (bicyclic) bond motifs is 1. The molecule has 0 aliphatic carbocycles. The van der Waals surface area contributed by atoms with Crippen LogP contribution in [0.2, 0.25) is 0 Å². The lowest BCUT2D eigenvalue weighted by Crippen LogP contribution is -2.62. The third-order valence-electron chi connectivity index (χ3n) is 4.54. The lowest BCUT2D eigenvalue weighted by Gasteiger charge is -2.46. The van der Waals surface area contributed by atoms with E-state index in [9.17, 15) is 0 Å². The largest absolute Gasteiger partial charge is 0.346 e. The topological polar surface area (TPSA) is 47.2 Å². The molecule has 0 radical (unpaired) electrons. The van der Waals surface area contributed by atoms with Gasteiger partial charge in [-0.15, -0.1) is 0 Å². The zero-order valence-electron chi connectivity index (χ0n) is 11.7. The fraction of sp³-hybridized carbons (Fsp3) is 0.533. The second kappa shape index (κ2) is 5.16. The minimum atomic E-state index is 0.764. The first kappa shape index (κ1) is 12.3. The van der Waals surface area contributed by atoms with Crippen LogP contribution in [0.3, 0.4) is 0 Å². The van der Waals surface area contributed by atoms with Crippen LogP contribution in [0.1, 0.15) is 5.56 Å². The van der Waals surface area contributed by atoms with Gasteiger partial charge in [0.2, 0.25) is 0 Å². The van der Waals surface area contributed by atoms with E-state index < -0.39 is 0 Å². The number of hydrogen-bond acceptors (Lipinski definition) is 4. The average Bonchev–Trinajstić information content (AvgIpc) is 2.86. The van der Waals surface area contributed by atoms with Crippen LogP contribution in [0.4, 0.5) is 0 Å². The van der Waals surface area contributed by atoms with Gasteiger partial charge in [-0.2, -0.15) is 0 Å². The van der Waals surface area contributed by atoms with E-state index in [2.05, 4.69) is 37.3 Å². The minimum Gasteiger partial charge on any atom is -0.346 e. The summed E-state index contributed by atoms with van der Waals surface area (Å²) in [5.74, 6) is 0. The molecule has 5 nitrogen and oxygen atoms in total. The summed E-state index contributed by atoms with van der Waals surface area (Å²) in [5.41, 5.74) is 2.37. The molecule has 0 amide bonds. The van der Waals surface area contributed by atoms with Crippen LogP contribution in [-0.2, 0) is 6.54 Å². The van der Waals surface area contributed by atoms with Gasteiger partial charge < -0.3 is 10.3 Å². The van der Waals surface area contributed by atoms with Gasteiger partial charge in [-0.05, 0) is 17.7 Å². The molecule has 0 aromatic carbocycles. The van der Waals surface area contributed by atoms with Crippen molar-refractivity contribution in [2.24, 2.45) is 0 Å². The van der Waals surface area contributed by atoms with E-state index in [-0.39, 0.29) is 0 Å². The Bertz CT molecular complexity index is 581. The van der Waals surface area contributed by atoms with Crippen molar-refractivity contribution in [1.82, 2.24) is 25.1 Å². The fourth-order valence-corrected chi connectivity index (χ4v) is 3.33. The van der Waals surface area contributed by atoms with Crippen molar-refractivity contribution >= 4 is 11.0 Å². The van der Waals surface area contributed by atoms with Crippen molar-refractivity contribution in [2.45, 2.75) is 12.6 Å². The van der Waals surface area contributed by atoms with Crippen LogP contribution in [0.25, 0.3) is 11.0 Å². The summed E-state index contributed by atoms with van der Waals surface area (Å²) in [6.07, 6.45) is 3.95. The van der Waals surface area contributed by atoms with E-state index >= 15 is 0 Å². The molecule has 2 aliphatic rings. The van der Waals surface area contributed by atoms with Gasteiger partial charge in [-0.25, -0.2) is 4.98 Å². The highest BCUT2D eigenvalue weighted by Crippen LogP contribution is 2.22. The highest BCUT2D eigenvalue weighted by molar-refractivity contribution is 5.79. The van der Waals surface area contributed by atoms with Gasteiger partial charge in [0.05, 0.1) is 0 Å². The number of aromatic nitrogens is 2. The Morgan fingerprint density at radius 1 is 1.25 bits per heavy atom. The van der Waals surface area contributed by atoms with Crippen molar-refractivity contribution in [3.63, 3.8) is 0 Å². The first-order valence-corrected chi connectivity index (χ1v) is 7.48. The third-order valence-corrected chi connectivity index (χ3v) is 4.54. The van der Waals surface area contributed by atoms with Crippen molar-refractivity contribution in [2.75, 3.05) is 39.3 Å². The Hall–Kier alpha value is -1.43. The number of piperazine rings is 1. The summed E-state index contributed by atoms with van der Waals surface area (Å²) in [4.78, 5) is 12.8. The zero-order chi connectivity index (χ0) is 13.4. The second-order valence-corrected chi connectivity index (χ2v) is 5.85. The number of pyridine rings is 1. The van der Waals surface area contributed by atoms with E-state index in [1.54, 1.807) is 0 Å². The van der Waals surface area contributed by atoms with Gasteiger partial charge in [0.15, 0.2) is 0 Å². The van der Waals surface area contributed by atoms with E-state index in [4.69, 9.17) is 0 Å². The second-order valence-electron chi connectivity index (χ2n) is 5.85. The maximum absolute atomic E-state index is 4.35. The van der Waals surface area contributed by atoms with Gasteiger partial charge in [0.25, 0.3) is 0 Å². The van der Waals surface area contributed by atoms with Crippen LogP contribution < -0.4 is 5.32 Å². The standard InChI is InChI=1S/C15H21N5/c1-2-14-12(8-18-15(14)17-3-1)9-19-10-13(11-19)20-6-4-16-5-7-20/h1-3,8,13,16H,4-7,9-11H2,(H,17,18). The first-order chi connectivity index (χ1) is 9.90. The van der Waals surface area contributed by atoms with E-state index in [1.807, 2.05) is 12.3 Å². The van der Waals surface area contributed by atoms with E-state index in [0.717, 1.165) is 31.3 Å². The third kappa shape index (κ3) is 2.22. The number of H-pyrrole nitrogens is 1. The summed E-state index contributed by atoms with van der Waals surface area (Å²) in [5, 5.41) is 4.68. The highest BCUT2D eigenvalue weighted by Gasteiger charge is 2.32. The predicted molar refractivity (Wildman–Crippen MR) is 79.6 cm³/mol. The maximum Gasteiger partial charge on any atom is 0.137 e. The molecule has 5 heteroatoms. The Balaban J connectivity index is 1.37. The molecule has 4 heterocycles. The quantitative estimate of drug-likeness (QED) is 0.860. The monoisotopic (exact) mass is 271 g/mol. The lowest BCUT2D eigenvalue weighted by molar-refractivity contribution is 0.0225. The number of aromatic amines is 1. The van der Waals surface area contributed by atoms with Gasteiger partial charge in [0, 0.05) is 69.6 Å². The van der Waals surface area contributed by atoms with E-state index in [1.165, 1.54) is 37.1 Å². The molecular formula is C15H21N5. The van der Waals surface area contributed by atoms with Gasteiger partial charge >= 0.3 is 0 Å². The molecule has 2 saturated heterocycles. The van der Waals surface area contributed by atoms with Crippen molar-refractivity contribution in [3.05, 3.63) is 30.1 Å².